The predicted molar refractivity (Wildman–Crippen MR) is 77.1 cm³/mol. The molecule has 1 aromatic heterocycles. The molecule has 1 aliphatic rings. The second kappa shape index (κ2) is 6.22. The van der Waals surface area contributed by atoms with Gasteiger partial charge in [-0.05, 0) is 31.4 Å². The molecule has 0 amide bonds. The van der Waals surface area contributed by atoms with E-state index in [1.54, 1.807) is 6.07 Å². The fraction of sp³-hybridized carbons (Fsp3) is 0.600. The van der Waals surface area contributed by atoms with Crippen LogP contribution in [0, 0.1) is 5.41 Å². The summed E-state index contributed by atoms with van der Waals surface area (Å²) in [5, 5.41) is 18.8. The third-order valence-electron chi connectivity index (χ3n) is 4.09. The molecule has 1 atom stereocenters. The number of aromatic nitrogens is 1. The normalized spacial score (nSPS) is 22.8. The Morgan fingerprint density at radius 2 is 2.35 bits per heavy atom. The number of aliphatic hydroxyl groups is 1. The Morgan fingerprint density at radius 1 is 1.55 bits per heavy atom. The average molecular weight is 278 g/mol. The van der Waals surface area contributed by atoms with Gasteiger partial charge in [0, 0.05) is 24.7 Å². The quantitative estimate of drug-likeness (QED) is 0.863. The molecule has 0 saturated carbocycles. The summed E-state index contributed by atoms with van der Waals surface area (Å²) in [4.78, 5) is 17.4. The maximum atomic E-state index is 11.0. The smallest absolute Gasteiger partial charge is 0.335 e. The van der Waals surface area contributed by atoms with Gasteiger partial charge in [0.2, 0.25) is 0 Å². The van der Waals surface area contributed by atoms with Crippen LogP contribution in [0.5, 0.6) is 0 Å². The molecule has 20 heavy (non-hydrogen) atoms. The van der Waals surface area contributed by atoms with E-state index in [1.807, 2.05) is 0 Å². The minimum Gasteiger partial charge on any atom is -0.478 e. The number of aliphatic hydroxyl groups excluding tert-OH is 1. The summed E-state index contributed by atoms with van der Waals surface area (Å²) in [5.74, 6) is -0.244. The number of anilines is 1. The van der Waals surface area contributed by atoms with Crippen LogP contribution in [0.3, 0.4) is 0 Å². The van der Waals surface area contributed by atoms with Crippen LogP contribution in [-0.4, -0.2) is 40.9 Å². The van der Waals surface area contributed by atoms with Gasteiger partial charge in [0.25, 0.3) is 0 Å². The molecule has 0 bridgehead atoms. The lowest BCUT2D eigenvalue weighted by atomic mass is 9.77. The minimum atomic E-state index is -0.937. The second-order valence-corrected chi connectivity index (χ2v) is 5.64. The summed E-state index contributed by atoms with van der Waals surface area (Å²) >= 11 is 0. The van der Waals surface area contributed by atoms with Gasteiger partial charge in [0.05, 0.1) is 12.2 Å². The van der Waals surface area contributed by atoms with Crippen molar-refractivity contribution in [3.05, 3.63) is 23.9 Å². The fourth-order valence-corrected chi connectivity index (χ4v) is 3.07. The topological polar surface area (TPSA) is 73.7 Å². The Morgan fingerprint density at radius 3 is 3.00 bits per heavy atom. The van der Waals surface area contributed by atoms with Crippen LogP contribution >= 0.6 is 0 Å². The standard InChI is InChI=1S/C15H22N2O3/c1-2-5-15(11-18)6-3-8-17(10-15)13-9-12(14(19)20)4-7-16-13/h4,7,9,18H,2-3,5-6,8,10-11H2,1H3,(H,19,20)/t15-/m0/s1. The number of carbonyl (C=O) groups is 1. The molecule has 0 spiro atoms. The third-order valence-corrected chi connectivity index (χ3v) is 4.09. The van der Waals surface area contributed by atoms with Gasteiger partial charge in [-0.2, -0.15) is 0 Å². The molecule has 0 aromatic carbocycles. The number of rotatable bonds is 5. The molecule has 1 aromatic rings. The van der Waals surface area contributed by atoms with Gasteiger partial charge in [-0.1, -0.05) is 13.3 Å². The Bertz CT molecular complexity index is 474. The van der Waals surface area contributed by atoms with Crippen molar-refractivity contribution in [2.75, 3.05) is 24.6 Å². The van der Waals surface area contributed by atoms with E-state index in [2.05, 4.69) is 16.8 Å². The van der Waals surface area contributed by atoms with Gasteiger partial charge in [0.1, 0.15) is 5.82 Å². The highest BCUT2D eigenvalue weighted by atomic mass is 16.4. The molecule has 0 unspecified atom stereocenters. The zero-order valence-electron chi connectivity index (χ0n) is 11.9. The van der Waals surface area contributed by atoms with Gasteiger partial charge < -0.3 is 15.1 Å². The molecule has 5 nitrogen and oxygen atoms in total. The van der Waals surface area contributed by atoms with Crippen molar-refractivity contribution in [3.8, 4) is 0 Å². The number of carboxylic acid groups (broad SMARTS) is 1. The van der Waals surface area contributed by atoms with Crippen molar-refractivity contribution < 1.29 is 15.0 Å². The first-order chi connectivity index (χ1) is 9.60. The van der Waals surface area contributed by atoms with Crippen molar-refractivity contribution in [1.29, 1.82) is 0 Å². The zero-order chi connectivity index (χ0) is 14.6. The molecular weight excluding hydrogens is 256 g/mol. The van der Waals surface area contributed by atoms with E-state index in [-0.39, 0.29) is 17.6 Å². The Balaban J connectivity index is 2.20. The van der Waals surface area contributed by atoms with Crippen LogP contribution in [0.4, 0.5) is 5.82 Å². The molecule has 2 rings (SSSR count). The summed E-state index contributed by atoms with van der Waals surface area (Å²) in [6.45, 7) is 3.91. The van der Waals surface area contributed by atoms with Crippen molar-refractivity contribution in [2.45, 2.75) is 32.6 Å². The number of pyridine rings is 1. The van der Waals surface area contributed by atoms with E-state index in [0.717, 1.165) is 38.8 Å². The predicted octanol–water partition coefficient (Wildman–Crippen LogP) is 2.16. The maximum absolute atomic E-state index is 11.0. The number of hydrogen-bond acceptors (Lipinski definition) is 4. The van der Waals surface area contributed by atoms with Gasteiger partial charge in [-0.25, -0.2) is 9.78 Å². The summed E-state index contributed by atoms with van der Waals surface area (Å²) in [7, 11) is 0. The number of piperidine rings is 1. The van der Waals surface area contributed by atoms with Gasteiger partial charge in [0.15, 0.2) is 0 Å². The van der Waals surface area contributed by atoms with E-state index >= 15 is 0 Å². The molecule has 2 heterocycles. The highest BCUT2D eigenvalue weighted by molar-refractivity contribution is 5.88. The highest BCUT2D eigenvalue weighted by Gasteiger charge is 2.34. The van der Waals surface area contributed by atoms with E-state index in [1.165, 1.54) is 12.3 Å². The molecule has 1 fully saturated rings. The van der Waals surface area contributed by atoms with Crippen LogP contribution in [-0.2, 0) is 0 Å². The summed E-state index contributed by atoms with van der Waals surface area (Å²) in [6, 6.07) is 3.11. The lowest BCUT2D eigenvalue weighted by Crippen LogP contribution is -2.45. The van der Waals surface area contributed by atoms with E-state index in [4.69, 9.17) is 5.11 Å². The summed E-state index contributed by atoms with van der Waals surface area (Å²) in [5.41, 5.74) is 0.180. The zero-order valence-corrected chi connectivity index (χ0v) is 11.9. The Labute approximate surface area is 119 Å². The Hall–Kier alpha value is -1.62. The van der Waals surface area contributed by atoms with Crippen molar-refractivity contribution in [1.82, 2.24) is 4.98 Å². The molecule has 0 aliphatic carbocycles. The number of nitrogens with zero attached hydrogens (tertiary/aromatic N) is 2. The van der Waals surface area contributed by atoms with Crippen LogP contribution in [0.1, 0.15) is 43.0 Å². The summed E-state index contributed by atoms with van der Waals surface area (Å²) < 4.78 is 0. The van der Waals surface area contributed by atoms with Gasteiger partial charge in [-0.3, -0.25) is 0 Å². The largest absolute Gasteiger partial charge is 0.478 e. The van der Waals surface area contributed by atoms with Crippen LogP contribution in [0.25, 0.3) is 0 Å². The second-order valence-electron chi connectivity index (χ2n) is 5.64. The van der Waals surface area contributed by atoms with Crippen LogP contribution in [0.15, 0.2) is 18.3 Å². The Kier molecular flexibility index (Phi) is 4.60. The summed E-state index contributed by atoms with van der Waals surface area (Å²) in [6.07, 6.45) is 5.58. The number of aromatic carboxylic acids is 1. The van der Waals surface area contributed by atoms with Gasteiger partial charge >= 0.3 is 5.97 Å². The third kappa shape index (κ3) is 3.10. The molecule has 5 heteroatoms. The van der Waals surface area contributed by atoms with Crippen molar-refractivity contribution in [2.24, 2.45) is 5.41 Å². The molecular formula is C15H22N2O3. The van der Waals surface area contributed by atoms with Crippen LogP contribution in [0.2, 0.25) is 0 Å². The number of hydrogen-bond donors (Lipinski definition) is 2. The van der Waals surface area contributed by atoms with Crippen LogP contribution < -0.4 is 4.90 Å². The highest BCUT2D eigenvalue weighted by Crippen LogP contribution is 2.35. The minimum absolute atomic E-state index is 0.0755. The van der Waals surface area contributed by atoms with E-state index in [0.29, 0.717) is 5.82 Å². The molecule has 0 radical (unpaired) electrons. The molecule has 110 valence electrons. The first-order valence-electron chi connectivity index (χ1n) is 7.15. The lowest BCUT2D eigenvalue weighted by Gasteiger charge is -2.42. The number of carboxylic acids is 1. The first-order valence-corrected chi connectivity index (χ1v) is 7.15. The van der Waals surface area contributed by atoms with E-state index < -0.39 is 5.97 Å². The first kappa shape index (κ1) is 14.8. The van der Waals surface area contributed by atoms with Crippen molar-refractivity contribution in [3.63, 3.8) is 0 Å². The maximum Gasteiger partial charge on any atom is 0.335 e. The van der Waals surface area contributed by atoms with Gasteiger partial charge in [-0.15, -0.1) is 0 Å². The lowest BCUT2D eigenvalue weighted by molar-refractivity contribution is 0.0696. The SMILES string of the molecule is CCC[C@]1(CO)CCCN(c2cc(C(=O)O)ccn2)C1. The fourth-order valence-electron chi connectivity index (χ4n) is 3.07. The molecule has 1 aliphatic heterocycles. The van der Waals surface area contributed by atoms with Crippen molar-refractivity contribution >= 4 is 11.8 Å². The molecule has 1 saturated heterocycles. The average Bonchev–Trinajstić information content (AvgIpc) is 2.48. The monoisotopic (exact) mass is 278 g/mol. The van der Waals surface area contributed by atoms with E-state index in [9.17, 15) is 9.90 Å². The molecule has 2 N–H and O–H groups in total.